The highest BCUT2D eigenvalue weighted by atomic mass is 16.5. The van der Waals surface area contributed by atoms with Crippen molar-refractivity contribution in [1.82, 2.24) is 9.78 Å². The fourth-order valence-corrected chi connectivity index (χ4v) is 9.69. The minimum atomic E-state index is -0.612. The molecule has 0 amide bonds. The summed E-state index contributed by atoms with van der Waals surface area (Å²) in [5.74, 6) is 4.36. The molecule has 1 aromatic rings. The summed E-state index contributed by atoms with van der Waals surface area (Å²) >= 11 is 0. The fraction of sp³-hybridized carbons (Fsp3) is 0.862. The summed E-state index contributed by atoms with van der Waals surface area (Å²) in [6.07, 6.45) is 12.7. The minimum absolute atomic E-state index is 0.378. The second-order valence-corrected chi connectivity index (χ2v) is 12.9. The Bertz CT molecular complexity index is 923. The molecule has 1 unspecified atom stereocenters. The van der Waals surface area contributed by atoms with Crippen LogP contribution in [0.25, 0.3) is 0 Å². The SMILES string of the molecule is CCOC[C@@]1(O)CC[C@@]2(C)[C@H](CC[C@@H]3[C@@H]2CC[C@]2(C)[C@@H](C(C)Cn4nccc4C#N)CC[C@@H]32)C1. The molecule has 4 aliphatic rings. The van der Waals surface area contributed by atoms with Crippen LogP contribution < -0.4 is 0 Å². The molecule has 188 valence electrons. The van der Waals surface area contributed by atoms with E-state index in [2.05, 4.69) is 31.9 Å². The van der Waals surface area contributed by atoms with Crippen LogP contribution in [0.1, 0.15) is 91.2 Å². The van der Waals surface area contributed by atoms with E-state index in [1.165, 1.54) is 38.5 Å². The number of fused-ring (bicyclic) bond motifs is 5. The van der Waals surface area contributed by atoms with Gasteiger partial charge in [-0.05, 0) is 117 Å². The Morgan fingerprint density at radius 2 is 1.94 bits per heavy atom. The molecule has 4 aliphatic carbocycles. The van der Waals surface area contributed by atoms with Crippen LogP contribution in [0.15, 0.2) is 12.3 Å². The van der Waals surface area contributed by atoms with Crippen molar-refractivity contribution in [2.45, 2.75) is 97.6 Å². The van der Waals surface area contributed by atoms with Crippen LogP contribution in [0.3, 0.4) is 0 Å². The Morgan fingerprint density at radius 3 is 2.71 bits per heavy atom. The fourth-order valence-electron chi connectivity index (χ4n) is 9.69. The Labute approximate surface area is 206 Å². The van der Waals surface area contributed by atoms with Gasteiger partial charge in [-0.2, -0.15) is 10.4 Å². The molecule has 0 spiro atoms. The normalized spacial score (nSPS) is 44.5. The molecule has 9 atom stereocenters. The van der Waals surface area contributed by atoms with Crippen molar-refractivity contribution in [3.8, 4) is 6.07 Å². The highest BCUT2D eigenvalue weighted by Crippen LogP contribution is 2.68. The van der Waals surface area contributed by atoms with Gasteiger partial charge in [-0.15, -0.1) is 0 Å². The van der Waals surface area contributed by atoms with Crippen molar-refractivity contribution in [3.63, 3.8) is 0 Å². The molecule has 0 aromatic carbocycles. The number of hydrogen-bond donors (Lipinski definition) is 1. The van der Waals surface area contributed by atoms with Gasteiger partial charge in [0, 0.05) is 13.2 Å². The molecule has 5 heteroatoms. The summed E-state index contributed by atoms with van der Waals surface area (Å²) < 4.78 is 7.60. The third kappa shape index (κ3) is 3.84. The van der Waals surface area contributed by atoms with Crippen LogP contribution in [-0.2, 0) is 11.3 Å². The lowest BCUT2D eigenvalue weighted by molar-refractivity contribution is -0.166. The summed E-state index contributed by atoms with van der Waals surface area (Å²) in [6.45, 7) is 11.6. The quantitative estimate of drug-likeness (QED) is 0.572. The largest absolute Gasteiger partial charge is 0.387 e. The summed E-state index contributed by atoms with van der Waals surface area (Å²) in [4.78, 5) is 0. The molecule has 4 fully saturated rings. The van der Waals surface area contributed by atoms with Gasteiger partial charge in [0.15, 0.2) is 0 Å². The number of rotatable bonds is 6. The first kappa shape index (κ1) is 24.3. The average molecular weight is 468 g/mol. The van der Waals surface area contributed by atoms with Gasteiger partial charge in [-0.25, -0.2) is 0 Å². The van der Waals surface area contributed by atoms with Gasteiger partial charge in [-0.3, -0.25) is 4.68 Å². The molecule has 0 saturated heterocycles. The highest BCUT2D eigenvalue weighted by Gasteiger charge is 2.61. The van der Waals surface area contributed by atoms with Crippen LogP contribution >= 0.6 is 0 Å². The lowest BCUT2D eigenvalue weighted by Crippen LogP contribution is -2.56. The van der Waals surface area contributed by atoms with Crippen molar-refractivity contribution in [3.05, 3.63) is 18.0 Å². The van der Waals surface area contributed by atoms with Crippen molar-refractivity contribution in [2.75, 3.05) is 13.2 Å². The number of aliphatic hydroxyl groups is 1. The molecule has 1 heterocycles. The molecule has 0 bridgehead atoms. The van der Waals surface area contributed by atoms with Crippen LogP contribution in [0.2, 0.25) is 0 Å². The number of nitriles is 1. The molecule has 5 nitrogen and oxygen atoms in total. The minimum Gasteiger partial charge on any atom is -0.387 e. The predicted molar refractivity (Wildman–Crippen MR) is 133 cm³/mol. The molecule has 1 aromatic heterocycles. The number of nitrogens with zero attached hydrogens (tertiary/aromatic N) is 3. The Morgan fingerprint density at radius 1 is 1.15 bits per heavy atom. The van der Waals surface area contributed by atoms with Gasteiger partial charge in [-0.1, -0.05) is 20.8 Å². The van der Waals surface area contributed by atoms with Gasteiger partial charge < -0.3 is 9.84 Å². The maximum Gasteiger partial charge on any atom is 0.138 e. The second kappa shape index (κ2) is 8.93. The van der Waals surface area contributed by atoms with Gasteiger partial charge in [0.05, 0.1) is 18.4 Å². The van der Waals surface area contributed by atoms with Crippen molar-refractivity contribution >= 4 is 0 Å². The van der Waals surface area contributed by atoms with Gasteiger partial charge in [0.2, 0.25) is 0 Å². The van der Waals surface area contributed by atoms with E-state index < -0.39 is 5.60 Å². The molecule has 5 rings (SSSR count). The zero-order valence-electron chi connectivity index (χ0n) is 21.8. The summed E-state index contributed by atoms with van der Waals surface area (Å²) in [5, 5.41) is 25.1. The van der Waals surface area contributed by atoms with Gasteiger partial charge >= 0.3 is 0 Å². The van der Waals surface area contributed by atoms with Crippen LogP contribution in [-0.4, -0.2) is 33.7 Å². The molecule has 1 N–H and O–H groups in total. The first-order valence-electron chi connectivity index (χ1n) is 14.0. The Kier molecular flexibility index (Phi) is 6.39. The van der Waals surface area contributed by atoms with Crippen molar-refractivity contribution in [2.24, 2.45) is 46.3 Å². The van der Waals surface area contributed by atoms with Crippen LogP contribution in [0, 0.1) is 57.7 Å². The molecule has 34 heavy (non-hydrogen) atoms. The van der Waals surface area contributed by atoms with E-state index in [4.69, 9.17) is 4.74 Å². The maximum absolute atomic E-state index is 11.2. The standard InChI is InChI=1S/C29H45N3O2/c1-5-34-19-29(33)14-13-27(3)21(16-29)6-7-23-25-9-8-24(28(25,4)12-10-26(23)27)20(2)18-32-22(17-30)11-15-31-32/h11,15,20-21,23-26,33H,5-10,12-14,16,18-19H2,1-4H3/t20?,21-,23+,24-,25+,26+,27+,28-,29-/m1/s1. The average Bonchev–Trinajstić information content (AvgIpc) is 3.41. The predicted octanol–water partition coefficient (Wildman–Crippen LogP) is 5.82. The van der Waals surface area contributed by atoms with E-state index in [-0.39, 0.29) is 0 Å². The molecular formula is C29H45N3O2. The second-order valence-electron chi connectivity index (χ2n) is 12.9. The van der Waals surface area contributed by atoms with Crippen molar-refractivity contribution in [1.29, 1.82) is 5.26 Å². The summed E-state index contributed by atoms with van der Waals surface area (Å²) in [7, 11) is 0. The Balaban J connectivity index is 1.30. The smallest absolute Gasteiger partial charge is 0.138 e. The molecule has 0 radical (unpaired) electrons. The molecule has 0 aliphatic heterocycles. The summed E-state index contributed by atoms with van der Waals surface area (Å²) in [5.41, 5.74) is 0.860. The zero-order chi connectivity index (χ0) is 24.1. The van der Waals surface area contributed by atoms with E-state index in [1.54, 1.807) is 6.20 Å². The topological polar surface area (TPSA) is 71.1 Å². The zero-order valence-corrected chi connectivity index (χ0v) is 21.8. The van der Waals surface area contributed by atoms with Crippen LogP contribution in [0.4, 0.5) is 0 Å². The first-order valence-corrected chi connectivity index (χ1v) is 14.0. The van der Waals surface area contributed by atoms with Crippen LogP contribution in [0.5, 0.6) is 0 Å². The Hall–Kier alpha value is -1.38. The monoisotopic (exact) mass is 467 g/mol. The van der Waals surface area contributed by atoms with E-state index in [9.17, 15) is 10.4 Å². The highest BCUT2D eigenvalue weighted by molar-refractivity contribution is 5.18. The molecule has 4 saturated carbocycles. The van der Waals surface area contributed by atoms with Crippen molar-refractivity contribution < 1.29 is 9.84 Å². The summed E-state index contributed by atoms with van der Waals surface area (Å²) in [6, 6.07) is 4.13. The lowest BCUT2D eigenvalue weighted by atomic mass is 9.43. The van der Waals surface area contributed by atoms with Gasteiger partial charge in [0.25, 0.3) is 0 Å². The van der Waals surface area contributed by atoms with E-state index in [0.717, 1.165) is 43.6 Å². The lowest BCUT2D eigenvalue weighted by Gasteiger charge is -2.62. The molecular weight excluding hydrogens is 422 g/mol. The van der Waals surface area contributed by atoms with E-state index in [1.807, 2.05) is 17.7 Å². The number of aromatic nitrogens is 2. The van der Waals surface area contributed by atoms with E-state index in [0.29, 0.717) is 47.5 Å². The van der Waals surface area contributed by atoms with Gasteiger partial charge in [0.1, 0.15) is 11.8 Å². The first-order chi connectivity index (χ1) is 16.2. The maximum atomic E-state index is 11.2. The number of ether oxygens (including phenoxy) is 1. The van der Waals surface area contributed by atoms with E-state index >= 15 is 0 Å². The number of hydrogen-bond acceptors (Lipinski definition) is 4. The third-order valence-electron chi connectivity index (χ3n) is 11.4. The third-order valence-corrected chi connectivity index (χ3v) is 11.4.